The molecule has 1 atom stereocenters. The molecule has 1 aliphatic rings. The van der Waals surface area contributed by atoms with Gasteiger partial charge in [0.1, 0.15) is 23.0 Å². The lowest BCUT2D eigenvalue weighted by Gasteiger charge is -2.26. The van der Waals surface area contributed by atoms with E-state index >= 15 is 0 Å². The third-order valence-electron chi connectivity index (χ3n) is 5.78. The highest BCUT2D eigenvalue weighted by Gasteiger charge is 2.47. The minimum atomic E-state index is -0.898. The lowest BCUT2D eigenvalue weighted by molar-refractivity contribution is -0.132. The molecule has 0 aromatic heterocycles. The molecule has 1 N–H and O–H groups in total. The molecule has 0 radical (unpaired) electrons. The molecule has 1 unspecified atom stereocenters. The maximum atomic E-state index is 13.4. The van der Waals surface area contributed by atoms with Crippen LogP contribution in [0.25, 0.3) is 5.76 Å². The number of aliphatic hydroxyl groups is 1. The Balaban J connectivity index is 1.91. The predicted molar refractivity (Wildman–Crippen MR) is 138 cm³/mol. The largest absolute Gasteiger partial charge is 0.507 e. The molecule has 0 spiro atoms. The van der Waals surface area contributed by atoms with E-state index in [0.29, 0.717) is 52.3 Å². The summed E-state index contributed by atoms with van der Waals surface area (Å²) in [5, 5.41) is 11.7. The molecule has 7 nitrogen and oxygen atoms in total. The minimum Gasteiger partial charge on any atom is -0.507 e. The average molecular weight is 508 g/mol. The van der Waals surface area contributed by atoms with Crippen LogP contribution in [0.15, 0.2) is 72.3 Å². The SMILES string of the molecule is CCOc1ccc(N2C(=O)C(=O)/C(=C(\O)c3ccc(Cl)c(OC)c3)C2c2cccc(OCC)c2)cc1. The van der Waals surface area contributed by atoms with Crippen LogP contribution in [-0.2, 0) is 9.59 Å². The van der Waals surface area contributed by atoms with Crippen LogP contribution in [0.1, 0.15) is 31.0 Å². The smallest absolute Gasteiger partial charge is 0.300 e. The van der Waals surface area contributed by atoms with E-state index in [9.17, 15) is 14.7 Å². The van der Waals surface area contributed by atoms with Gasteiger partial charge < -0.3 is 19.3 Å². The highest BCUT2D eigenvalue weighted by Crippen LogP contribution is 2.43. The predicted octanol–water partition coefficient (Wildman–Crippen LogP) is 5.77. The number of ether oxygens (including phenoxy) is 3. The fourth-order valence-electron chi connectivity index (χ4n) is 4.19. The molecular formula is C28H26ClNO6. The minimum absolute atomic E-state index is 0.0492. The summed E-state index contributed by atoms with van der Waals surface area (Å²) in [4.78, 5) is 28.1. The monoisotopic (exact) mass is 507 g/mol. The molecule has 0 aliphatic carbocycles. The summed E-state index contributed by atoms with van der Waals surface area (Å²) in [6.07, 6.45) is 0. The Morgan fingerprint density at radius 3 is 2.31 bits per heavy atom. The fraction of sp³-hybridized carbons (Fsp3) is 0.214. The Bertz CT molecular complexity index is 1320. The van der Waals surface area contributed by atoms with Crippen molar-refractivity contribution in [2.45, 2.75) is 19.9 Å². The maximum absolute atomic E-state index is 13.4. The summed E-state index contributed by atoms with van der Waals surface area (Å²) in [5.41, 5.74) is 1.34. The maximum Gasteiger partial charge on any atom is 0.300 e. The molecule has 1 amide bonds. The van der Waals surface area contributed by atoms with Gasteiger partial charge >= 0.3 is 0 Å². The van der Waals surface area contributed by atoms with Gasteiger partial charge in [0, 0.05) is 11.3 Å². The molecule has 3 aromatic carbocycles. The van der Waals surface area contributed by atoms with E-state index in [1.165, 1.54) is 18.1 Å². The van der Waals surface area contributed by atoms with Crippen LogP contribution in [0, 0.1) is 0 Å². The van der Waals surface area contributed by atoms with Crippen molar-refractivity contribution in [3.63, 3.8) is 0 Å². The highest BCUT2D eigenvalue weighted by molar-refractivity contribution is 6.51. The number of aliphatic hydroxyl groups excluding tert-OH is 1. The molecule has 186 valence electrons. The first kappa shape index (κ1) is 25.1. The molecule has 1 fully saturated rings. The first-order chi connectivity index (χ1) is 17.4. The van der Waals surface area contributed by atoms with Crippen molar-refractivity contribution in [2.24, 2.45) is 0 Å². The Labute approximate surface area is 214 Å². The number of amides is 1. The van der Waals surface area contributed by atoms with E-state index in [1.54, 1.807) is 60.7 Å². The molecule has 4 rings (SSSR count). The summed E-state index contributed by atoms with van der Waals surface area (Å²) in [6.45, 7) is 4.70. The number of carbonyl (C=O) groups is 2. The molecule has 1 aliphatic heterocycles. The van der Waals surface area contributed by atoms with Crippen molar-refractivity contribution in [1.29, 1.82) is 0 Å². The fourth-order valence-corrected chi connectivity index (χ4v) is 4.38. The van der Waals surface area contributed by atoms with Crippen LogP contribution >= 0.6 is 11.6 Å². The summed E-state index contributed by atoms with van der Waals surface area (Å²) in [5.74, 6) is -0.336. The highest BCUT2D eigenvalue weighted by atomic mass is 35.5. The number of ketones is 1. The average Bonchev–Trinajstić information content (AvgIpc) is 3.15. The third-order valence-corrected chi connectivity index (χ3v) is 6.09. The molecule has 36 heavy (non-hydrogen) atoms. The molecular weight excluding hydrogens is 482 g/mol. The van der Waals surface area contributed by atoms with Gasteiger partial charge in [0.2, 0.25) is 0 Å². The van der Waals surface area contributed by atoms with Crippen LogP contribution in [-0.4, -0.2) is 37.1 Å². The molecule has 1 saturated heterocycles. The van der Waals surface area contributed by atoms with E-state index < -0.39 is 17.7 Å². The van der Waals surface area contributed by atoms with Gasteiger partial charge in [-0.1, -0.05) is 23.7 Å². The topological polar surface area (TPSA) is 85.3 Å². The standard InChI is InChI=1S/C28H26ClNO6/c1-4-35-20-12-10-19(11-13-20)30-25(17-7-6-8-21(15-17)36-5-2)24(27(32)28(30)33)26(31)18-9-14-22(29)23(16-18)34-3/h6-16,25,31H,4-5H2,1-3H3/b26-24-. The van der Waals surface area contributed by atoms with E-state index in [-0.39, 0.29) is 11.3 Å². The lowest BCUT2D eigenvalue weighted by Crippen LogP contribution is -2.29. The van der Waals surface area contributed by atoms with Crippen LogP contribution in [0.3, 0.4) is 0 Å². The number of methoxy groups -OCH3 is 1. The number of hydrogen-bond donors (Lipinski definition) is 1. The first-order valence-electron chi connectivity index (χ1n) is 11.5. The summed E-state index contributed by atoms with van der Waals surface area (Å²) >= 11 is 6.15. The number of Topliss-reactive ketones (excluding diaryl/α,β-unsaturated/α-hetero) is 1. The lowest BCUT2D eigenvalue weighted by atomic mass is 9.95. The van der Waals surface area contributed by atoms with Gasteiger partial charge in [0.25, 0.3) is 11.7 Å². The van der Waals surface area contributed by atoms with Crippen molar-refractivity contribution >= 4 is 34.7 Å². The Kier molecular flexibility index (Phi) is 7.50. The molecule has 3 aromatic rings. The number of hydrogen-bond acceptors (Lipinski definition) is 6. The summed E-state index contributed by atoms with van der Waals surface area (Å²) in [6, 6.07) is 17.8. The van der Waals surface area contributed by atoms with Crippen molar-refractivity contribution in [3.05, 3.63) is 88.5 Å². The Hall–Kier alpha value is -3.97. The van der Waals surface area contributed by atoms with Crippen molar-refractivity contribution in [2.75, 3.05) is 25.2 Å². The number of anilines is 1. The van der Waals surface area contributed by atoms with Gasteiger partial charge in [-0.2, -0.15) is 0 Å². The Morgan fingerprint density at radius 2 is 1.64 bits per heavy atom. The van der Waals surface area contributed by atoms with Gasteiger partial charge in [-0.3, -0.25) is 14.5 Å². The van der Waals surface area contributed by atoms with Crippen molar-refractivity contribution in [3.8, 4) is 17.2 Å². The molecule has 0 saturated carbocycles. The zero-order valence-electron chi connectivity index (χ0n) is 20.2. The van der Waals surface area contributed by atoms with E-state index in [1.807, 2.05) is 13.8 Å². The number of benzene rings is 3. The molecule has 0 bridgehead atoms. The normalized spacial score (nSPS) is 16.8. The van der Waals surface area contributed by atoms with Crippen LogP contribution < -0.4 is 19.1 Å². The van der Waals surface area contributed by atoms with Gasteiger partial charge in [-0.25, -0.2) is 0 Å². The molecule has 1 heterocycles. The zero-order chi connectivity index (χ0) is 25.8. The van der Waals surface area contributed by atoms with Crippen LogP contribution in [0.5, 0.6) is 17.2 Å². The van der Waals surface area contributed by atoms with E-state index in [2.05, 4.69) is 0 Å². The van der Waals surface area contributed by atoms with Gasteiger partial charge in [-0.05, 0) is 74.0 Å². The van der Waals surface area contributed by atoms with Crippen molar-refractivity contribution in [1.82, 2.24) is 0 Å². The van der Waals surface area contributed by atoms with E-state index in [4.69, 9.17) is 25.8 Å². The quantitative estimate of drug-likeness (QED) is 0.236. The number of nitrogens with zero attached hydrogens (tertiary/aromatic N) is 1. The first-order valence-corrected chi connectivity index (χ1v) is 11.9. The summed E-state index contributed by atoms with van der Waals surface area (Å²) in [7, 11) is 1.45. The number of halogens is 1. The van der Waals surface area contributed by atoms with Gasteiger partial charge in [0.15, 0.2) is 0 Å². The van der Waals surface area contributed by atoms with Gasteiger partial charge in [-0.15, -0.1) is 0 Å². The van der Waals surface area contributed by atoms with E-state index in [0.717, 1.165) is 0 Å². The van der Waals surface area contributed by atoms with Crippen LogP contribution in [0.2, 0.25) is 5.02 Å². The second kappa shape index (κ2) is 10.7. The third kappa shape index (κ3) is 4.75. The summed E-state index contributed by atoms with van der Waals surface area (Å²) < 4.78 is 16.4. The Morgan fingerprint density at radius 1 is 0.944 bits per heavy atom. The van der Waals surface area contributed by atoms with Crippen LogP contribution in [0.4, 0.5) is 5.69 Å². The van der Waals surface area contributed by atoms with Crippen molar-refractivity contribution < 1.29 is 28.9 Å². The number of rotatable bonds is 8. The second-order valence-corrected chi connectivity index (χ2v) is 8.36. The molecule has 8 heteroatoms. The number of carbonyl (C=O) groups excluding carboxylic acids is 2. The van der Waals surface area contributed by atoms with Gasteiger partial charge in [0.05, 0.1) is 37.0 Å². The zero-order valence-corrected chi connectivity index (χ0v) is 20.9. The second-order valence-electron chi connectivity index (χ2n) is 7.95.